The lowest BCUT2D eigenvalue weighted by Crippen LogP contribution is -2.27. The van der Waals surface area contributed by atoms with Crippen molar-refractivity contribution in [2.24, 2.45) is 0 Å². The maximum Gasteiger partial charge on any atom is 0.180 e. The third-order valence-corrected chi connectivity index (χ3v) is 3.43. The molecule has 0 aromatic carbocycles. The average Bonchev–Trinajstić information content (AvgIpc) is 2.87. The molecule has 16 heavy (non-hydrogen) atoms. The topological polar surface area (TPSA) is 38.1 Å². The first-order valence-corrected chi connectivity index (χ1v) is 6.22. The molecule has 3 nitrogen and oxygen atoms in total. The maximum atomic E-state index is 5.17. The molecule has 1 unspecified atom stereocenters. The van der Waals surface area contributed by atoms with E-state index in [-0.39, 0.29) is 0 Å². The number of oxazole rings is 1. The molecule has 2 heterocycles. The van der Waals surface area contributed by atoms with Gasteiger partial charge >= 0.3 is 0 Å². The van der Waals surface area contributed by atoms with Gasteiger partial charge in [-0.15, -0.1) is 11.3 Å². The van der Waals surface area contributed by atoms with Crippen molar-refractivity contribution < 1.29 is 4.42 Å². The van der Waals surface area contributed by atoms with Crippen molar-refractivity contribution in [1.82, 2.24) is 10.3 Å². The minimum absolute atomic E-state index is 0.447. The van der Waals surface area contributed by atoms with E-state index in [1.807, 2.05) is 11.3 Å². The highest BCUT2D eigenvalue weighted by Gasteiger charge is 2.05. The van der Waals surface area contributed by atoms with Crippen LogP contribution in [0, 0.1) is 6.92 Å². The summed E-state index contributed by atoms with van der Waals surface area (Å²) in [5.41, 5.74) is 0. The Hall–Kier alpha value is -1.13. The van der Waals surface area contributed by atoms with Gasteiger partial charge in [0.05, 0.1) is 12.7 Å². The Morgan fingerprint density at radius 3 is 3.00 bits per heavy atom. The summed E-state index contributed by atoms with van der Waals surface area (Å²) in [6.45, 7) is 5.07. The molecule has 4 heteroatoms. The van der Waals surface area contributed by atoms with E-state index in [1.54, 1.807) is 6.20 Å². The number of nitrogens with one attached hydrogen (secondary N) is 1. The van der Waals surface area contributed by atoms with Gasteiger partial charge in [0, 0.05) is 15.8 Å². The van der Waals surface area contributed by atoms with Crippen molar-refractivity contribution in [1.29, 1.82) is 0 Å². The van der Waals surface area contributed by atoms with E-state index in [1.165, 1.54) is 16.1 Å². The van der Waals surface area contributed by atoms with Gasteiger partial charge in [0.1, 0.15) is 5.76 Å². The Morgan fingerprint density at radius 2 is 2.38 bits per heavy atom. The molecule has 1 atom stereocenters. The van der Waals surface area contributed by atoms with Crippen molar-refractivity contribution in [3.05, 3.63) is 40.2 Å². The van der Waals surface area contributed by atoms with Crippen LogP contribution in [0.4, 0.5) is 0 Å². The second-order valence-corrected chi connectivity index (χ2v) is 5.34. The van der Waals surface area contributed by atoms with Crippen LogP contribution < -0.4 is 5.32 Å². The van der Waals surface area contributed by atoms with Gasteiger partial charge < -0.3 is 9.73 Å². The third-order valence-electron chi connectivity index (χ3n) is 2.41. The number of thiophene rings is 1. The van der Waals surface area contributed by atoms with E-state index in [4.69, 9.17) is 4.42 Å². The van der Waals surface area contributed by atoms with Gasteiger partial charge in [0.15, 0.2) is 6.39 Å². The second kappa shape index (κ2) is 5.27. The fraction of sp³-hybridized carbons (Fsp3) is 0.417. The number of aryl methyl sites for hydroxylation is 1. The first kappa shape index (κ1) is 11.4. The molecule has 0 aliphatic carbocycles. The van der Waals surface area contributed by atoms with Gasteiger partial charge in [-0.05, 0) is 32.4 Å². The fourth-order valence-electron chi connectivity index (χ4n) is 1.57. The van der Waals surface area contributed by atoms with Gasteiger partial charge in [-0.1, -0.05) is 0 Å². The van der Waals surface area contributed by atoms with E-state index in [0.717, 1.165) is 18.7 Å². The Morgan fingerprint density at radius 1 is 1.50 bits per heavy atom. The molecule has 0 amide bonds. The first-order chi connectivity index (χ1) is 7.74. The predicted molar refractivity (Wildman–Crippen MR) is 65.6 cm³/mol. The molecule has 2 aromatic heterocycles. The largest absolute Gasteiger partial charge is 0.447 e. The first-order valence-electron chi connectivity index (χ1n) is 5.40. The smallest absolute Gasteiger partial charge is 0.180 e. The predicted octanol–water partition coefficient (Wildman–Crippen LogP) is 2.77. The van der Waals surface area contributed by atoms with Crippen LogP contribution >= 0.6 is 11.3 Å². The van der Waals surface area contributed by atoms with Gasteiger partial charge in [-0.3, -0.25) is 0 Å². The Bertz CT molecular complexity index is 422. The second-order valence-electron chi connectivity index (χ2n) is 3.97. The fourth-order valence-corrected chi connectivity index (χ4v) is 2.59. The van der Waals surface area contributed by atoms with Gasteiger partial charge in [0.2, 0.25) is 0 Å². The SMILES string of the molecule is Cc1ccc(CC(C)NCc2cnco2)s1. The number of hydrogen-bond acceptors (Lipinski definition) is 4. The number of nitrogens with zero attached hydrogens (tertiary/aromatic N) is 1. The van der Waals surface area contributed by atoms with Crippen molar-refractivity contribution >= 4 is 11.3 Å². The minimum Gasteiger partial charge on any atom is -0.447 e. The van der Waals surface area contributed by atoms with Gasteiger partial charge in [-0.25, -0.2) is 4.98 Å². The van der Waals surface area contributed by atoms with Crippen molar-refractivity contribution in [3.63, 3.8) is 0 Å². The molecular formula is C12H16N2OS. The number of rotatable bonds is 5. The molecular weight excluding hydrogens is 220 g/mol. The van der Waals surface area contributed by atoms with Crippen molar-refractivity contribution in [2.75, 3.05) is 0 Å². The van der Waals surface area contributed by atoms with Crippen molar-refractivity contribution in [2.45, 2.75) is 32.9 Å². The highest BCUT2D eigenvalue weighted by molar-refractivity contribution is 7.11. The van der Waals surface area contributed by atoms with Crippen LogP contribution in [-0.4, -0.2) is 11.0 Å². The van der Waals surface area contributed by atoms with Crippen LogP contribution in [0.5, 0.6) is 0 Å². The molecule has 1 N–H and O–H groups in total. The van der Waals surface area contributed by atoms with Crippen molar-refractivity contribution in [3.8, 4) is 0 Å². The summed E-state index contributed by atoms with van der Waals surface area (Å²) in [6, 6.07) is 4.82. The lowest BCUT2D eigenvalue weighted by atomic mass is 10.2. The third kappa shape index (κ3) is 3.18. The quantitative estimate of drug-likeness (QED) is 0.867. The summed E-state index contributed by atoms with van der Waals surface area (Å²) in [5.74, 6) is 0.884. The average molecular weight is 236 g/mol. The zero-order valence-electron chi connectivity index (χ0n) is 9.56. The lowest BCUT2D eigenvalue weighted by Gasteiger charge is -2.11. The molecule has 2 rings (SSSR count). The summed E-state index contributed by atoms with van der Waals surface area (Å²) in [7, 11) is 0. The van der Waals surface area contributed by atoms with Gasteiger partial charge in [0.25, 0.3) is 0 Å². The summed E-state index contributed by atoms with van der Waals surface area (Å²) in [5, 5.41) is 3.42. The van der Waals surface area contributed by atoms with E-state index in [2.05, 4.69) is 36.3 Å². The number of aromatic nitrogens is 1. The molecule has 0 fully saturated rings. The van der Waals surface area contributed by atoms with Crippen LogP contribution in [0.25, 0.3) is 0 Å². The maximum absolute atomic E-state index is 5.17. The molecule has 0 spiro atoms. The molecule has 0 aliphatic rings. The zero-order chi connectivity index (χ0) is 11.4. The molecule has 0 saturated heterocycles. The van der Waals surface area contributed by atoms with Crippen LogP contribution in [0.3, 0.4) is 0 Å². The Kier molecular flexibility index (Phi) is 3.74. The highest BCUT2D eigenvalue weighted by Crippen LogP contribution is 2.16. The van der Waals surface area contributed by atoms with Crippen LogP contribution in [0.15, 0.2) is 29.1 Å². The standard InChI is InChI=1S/C12H16N2OS/c1-9(5-12-4-3-10(2)16-12)14-7-11-6-13-8-15-11/h3-4,6,8-9,14H,5,7H2,1-2H3. The molecule has 86 valence electrons. The van der Waals surface area contributed by atoms with E-state index < -0.39 is 0 Å². The Labute approximate surface area is 99.5 Å². The molecule has 0 saturated carbocycles. The number of hydrogen-bond donors (Lipinski definition) is 1. The Balaban J connectivity index is 1.78. The summed E-state index contributed by atoms with van der Waals surface area (Å²) >= 11 is 1.86. The van der Waals surface area contributed by atoms with E-state index >= 15 is 0 Å². The van der Waals surface area contributed by atoms with E-state index in [9.17, 15) is 0 Å². The summed E-state index contributed by atoms with van der Waals surface area (Å²) in [4.78, 5) is 6.68. The highest BCUT2D eigenvalue weighted by atomic mass is 32.1. The summed E-state index contributed by atoms with van der Waals surface area (Å²) < 4.78 is 5.17. The van der Waals surface area contributed by atoms with Gasteiger partial charge in [-0.2, -0.15) is 0 Å². The van der Waals surface area contributed by atoms with Crippen LogP contribution in [0.2, 0.25) is 0 Å². The van der Waals surface area contributed by atoms with E-state index in [0.29, 0.717) is 6.04 Å². The minimum atomic E-state index is 0.447. The van der Waals surface area contributed by atoms with Crippen LogP contribution in [-0.2, 0) is 13.0 Å². The summed E-state index contributed by atoms with van der Waals surface area (Å²) in [6.07, 6.45) is 4.27. The lowest BCUT2D eigenvalue weighted by molar-refractivity contribution is 0.452. The van der Waals surface area contributed by atoms with Crippen LogP contribution in [0.1, 0.15) is 22.4 Å². The molecule has 0 radical (unpaired) electrons. The molecule has 2 aromatic rings. The normalized spacial score (nSPS) is 12.9. The monoisotopic (exact) mass is 236 g/mol. The molecule has 0 aliphatic heterocycles. The zero-order valence-corrected chi connectivity index (χ0v) is 10.4. The molecule has 0 bridgehead atoms.